The van der Waals surface area contributed by atoms with E-state index in [2.05, 4.69) is 34.9 Å². The van der Waals surface area contributed by atoms with Gasteiger partial charge in [-0.3, -0.25) is 0 Å². The van der Waals surface area contributed by atoms with Gasteiger partial charge >= 0.3 is 6.03 Å². The van der Waals surface area contributed by atoms with E-state index in [4.69, 9.17) is 5.26 Å². The number of pyridine rings is 1. The molecular formula is C19H24N6O. The Morgan fingerprint density at radius 3 is 2.92 bits per heavy atom. The van der Waals surface area contributed by atoms with E-state index in [0.29, 0.717) is 25.6 Å². The minimum Gasteiger partial charge on any atom is -0.369 e. The second-order valence-electron chi connectivity index (χ2n) is 7.47. The molecule has 2 amide bonds. The molecule has 0 radical (unpaired) electrons. The molecule has 7 heteroatoms. The van der Waals surface area contributed by atoms with E-state index in [1.807, 2.05) is 29.4 Å². The number of hydrogen-bond acceptors (Lipinski definition) is 4. The highest BCUT2D eigenvalue weighted by atomic mass is 16.2. The number of nitrogens with zero attached hydrogens (tertiary/aromatic N) is 5. The van der Waals surface area contributed by atoms with Crippen LogP contribution in [-0.4, -0.2) is 65.1 Å². The lowest BCUT2D eigenvalue weighted by Crippen LogP contribution is -2.59. The number of piperidine rings is 1. The minimum absolute atomic E-state index is 0.000159. The maximum atomic E-state index is 12.7. The fourth-order valence-corrected chi connectivity index (χ4v) is 4.08. The summed E-state index contributed by atoms with van der Waals surface area (Å²) in [5, 5.41) is 10.0. The van der Waals surface area contributed by atoms with Crippen LogP contribution in [0.15, 0.2) is 24.5 Å². The number of carbonyl (C=O) groups is 1. The molecule has 4 heterocycles. The van der Waals surface area contributed by atoms with Crippen LogP contribution in [0.1, 0.15) is 13.3 Å². The Labute approximate surface area is 153 Å². The number of H-pyrrole nitrogens is 1. The van der Waals surface area contributed by atoms with Crippen LogP contribution >= 0.6 is 0 Å². The molecule has 2 aromatic rings. The van der Waals surface area contributed by atoms with Crippen molar-refractivity contribution >= 4 is 22.8 Å². The van der Waals surface area contributed by atoms with Crippen molar-refractivity contribution in [2.24, 2.45) is 11.8 Å². The van der Waals surface area contributed by atoms with Crippen LogP contribution in [0.25, 0.3) is 11.0 Å². The molecule has 1 N–H and O–H groups in total. The van der Waals surface area contributed by atoms with Crippen molar-refractivity contribution < 1.29 is 4.79 Å². The normalized spacial score (nSPS) is 23.6. The number of carbonyl (C=O) groups excluding carboxylic acids is 1. The van der Waals surface area contributed by atoms with Gasteiger partial charge in [0.15, 0.2) is 0 Å². The van der Waals surface area contributed by atoms with Gasteiger partial charge in [0.1, 0.15) is 5.65 Å². The number of rotatable bonds is 2. The smallest absolute Gasteiger partial charge is 0.320 e. The summed E-state index contributed by atoms with van der Waals surface area (Å²) in [4.78, 5) is 26.3. The van der Waals surface area contributed by atoms with E-state index in [9.17, 15) is 4.79 Å². The van der Waals surface area contributed by atoms with Crippen LogP contribution in [0.5, 0.6) is 0 Å². The van der Waals surface area contributed by atoms with Crippen molar-refractivity contribution in [3.63, 3.8) is 0 Å². The van der Waals surface area contributed by atoms with Gasteiger partial charge in [0.05, 0.1) is 12.0 Å². The highest BCUT2D eigenvalue weighted by molar-refractivity contribution is 5.89. The van der Waals surface area contributed by atoms with Crippen LogP contribution in [0.3, 0.4) is 0 Å². The van der Waals surface area contributed by atoms with Crippen molar-refractivity contribution in [2.45, 2.75) is 19.4 Å². The lowest BCUT2D eigenvalue weighted by Gasteiger charge is -2.46. The SMILES string of the molecule is C[C@@H]1CCN(C(=O)N2CC(C#N)C2)C[C@@H]1N(C)c1ccnc2[nH]ccc12. The van der Waals surface area contributed by atoms with Gasteiger partial charge in [-0.05, 0) is 24.5 Å². The standard InChI is InChI=1S/C19H24N6O/c1-13-5-8-24(19(26)25-10-14(9-20)11-25)12-17(13)23(2)16-4-7-22-18-15(16)3-6-21-18/h3-4,6-7,13-14,17H,5,8,10-12H2,1-2H3,(H,21,22)/t13-,17+/m1/s1. The van der Waals surface area contributed by atoms with Crippen LogP contribution in [0, 0.1) is 23.2 Å². The predicted molar refractivity (Wildman–Crippen MR) is 99.7 cm³/mol. The van der Waals surface area contributed by atoms with Gasteiger partial charge in [-0.1, -0.05) is 6.92 Å². The number of amides is 2. The van der Waals surface area contributed by atoms with Gasteiger partial charge in [-0.2, -0.15) is 5.26 Å². The summed E-state index contributed by atoms with van der Waals surface area (Å²) in [7, 11) is 2.10. The molecule has 2 aliphatic rings. The van der Waals surface area contributed by atoms with Gasteiger partial charge in [0, 0.05) is 62.7 Å². The number of nitrogens with one attached hydrogen (secondary N) is 1. The van der Waals surface area contributed by atoms with Gasteiger partial charge in [-0.15, -0.1) is 0 Å². The number of nitriles is 1. The average molecular weight is 352 g/mol. The Kier molecular flexibility index (Phi) is 4.19. The first-order chi connectivity index (χ1) is 12.6. The molecule has 0 saturated carbocycles. The summed E-state index contributed by atoms with van der Waals surface area (Å²) in [6.45, 7) is 4.88. The summed E-state index contributed by atoms with van der Waals surface area (Å²) in [5.74, 6) is 0.495. The largest absolute Gasteiger partial charge is 0.369 e. The lowest BCUT2D eigenvalue weighted by molar-refractivity contribution is 0.0911. The predicted octanol–water partition coefficient (Wildman–Crippen LogP) is 2.28. The summed E-state index contributed by atoms with van der Waals surface area (Å²) in [6, 6.07) is 6.64. The number of anilines is 1. The minimum atomic E-state index is -0.000159. The Bertz CT molecular complexity index is 849. The zero-order valence-corrected chi connectivity index (χ0v) is 15.2. The van der Waals surface area contributed by atoms with Crippen molar-refractivity contribution in [2.75, 3.05) is 38.1 Å². The summed E-state index contributed by atoms with van der Waals surface area (Å²) >= 11 is 0. The maximum absolute atomic E-state index is 12.7. The second kappa shape index (κ2) is 6.52. The van der Waals surface area contributed by atoms with E-state index >= 15 is 0 Å². The number of fused-ring (bicyclic) bond motifs is 1. The monoisotopic (exact) mass is 352 g/mol. The van der Waals surface area contributed by atoms with E-state index in [-0.39, 0.29) is 18.0 Å². The molecular weight excluding hydrogens is 328 g/mol. The van der Waals surface area contributed by atoms with E-state index in [0.717, 1.165) is 29.7 Å². The van der Waals surface area contributed by atoms with Crippen molar-refractivity contribution in [1.29, 1.82) is 5.26 Å². The number of likely N-dealkylation sites (N-methyl/N-ethyl adjacent to an activating group) is 1. The highest BCUT2D eigenvalue weighted by Gasteiger charge is 2.37. The Balaban J connectivity index is 1.51. The number of aromatic nitrogens is 2. The first kappa shape index (κ1) is 16.7. The molecule has 136 valence electrons. The summed E-state index contributed by atoms with van der Waals surface area (Å²) in [6.07, 6.45) is 4.71. The molecule has 2 atom stereocenters. The van der Waals surface area contributed by atoms with Gasteiger partial charge in [0.2, 0.25) is 0 Å². The topological polar surface area (TPSA) is 79.3 Å². The molecule has 7 nitrogen and oxygen atoms in total. The molecule has 0 spiro atoms. The quantitative estimate of drug-likeness (QED) is 0.899. The zero-order valence-electron chi connectivity index (χ0n) is 15.2. The molecule has 2 fully saturated rings. The first-order valence-corrected chi connectivity index (χ1v) is 9.17. The number of aromatic amines is 1. The van der Waals surface area contributed by atoms with Crippen molar-refractivity contribution in [3.05, 3.63) is 24.5 Å². The van der Waals surface area contributed by atoms with Gasteiger partial charge < -0.3 is 19.7 Å². The Hall–Kier alpha value is -2.75. The molecule has 4 rings (SSSR count). The Morgan fingerprint density at radius 1 is 1.35 bits per heavy atom. The second-order valence-corrected chi connectivity index (χ2v) is 7.47. The van der Waals surface area contributed by atoms with Gasteiger partial charge in [-0.25, -0.2) is 9.78 Å². The lowest BCUT2D eigenvalue weighted by atomic mass is 9.91. The van der Waals surface area contributed by atoms with Crippen LogP contribution in [0.4, 0.5) is 10.5 Å². The molecule has 2 saturated heterocycles. The van der Waals surface area contributed by atoms with Crippen LogP contribution < -0.4 is 4.90 Å². The van der Waals surface area contributed by atoms with Crippen LogP contribution in [-0.2, 0) is 0 Å². The van der Waals surface area contributed by atoms with Crippen LogP contribution in [0.2, 0.25) is 0 Å². The molecule has 2 aromatic heterocycles. The Morgan fingerprint density at radius 2 is 2.15 bits per heavy atom. The number of urea groups is 1. The third-order valence-electron chi connectivity index (χ3n) is 5.84. The third-order valence-corrected chi connectivity index (χ3v) is 5.84. The summed E-state index contributed by atoms with van der Waals surface area (Å²) in [5.41, 5.74) is 2.02. The van der Waals surface area contributed by atoms with E-state index < -0.39 is 0 Å². The van der Waals surface area contributed by atoms with Crippen molar-refractivity contribution in [3.8, 4) is 6.07 Å². The van der Waals surface area contributed by atoms with Gasteiger partial charge in [0.25, 0.3) is 0 Å². The first-order valence-electron chi connectivity index (χ1n) is 9.17. The number of likely N-dealkylation sites (tertiary alicyclic amines) is 2. The van der Waals surface area contributed by atoms with E-state index in [1.54, 1.807) is 4.90 Å². The molecule has 0 bridgehead atoms. The highest BCUT2D eigenvalue weighted by Crippen LogP contribution is 2.31. The fraction of sp³-hybridized carbons (Fsp3) is 0.526. The molecule has 2 aliphatic heterocycles. The molecule has 26 heavy (non-hydrogen) atoms. The average Bonchev–Trinajstić information content (AvgIpc) is 3.09. The zero-order chi connectivity index (χ0) is 18.3. The van der Waals surface area contributed by atoms with E-state index in [1.165, 1.54) is 0 Å². The summed E-state index contributed by atoms with van der Waals surface area (Å²) < 4.78 is 0. The van der Waals surface area contributed by atoms with Crippen molar-refractivity contribution in [1.82, 2.24) is 19.8 Å². The molecule has 0 unspecified atom stereocenters. The number of hydrogen-bond donors (Lipinski definition) is 1. The molecule has 0 aromatic carbocycles. The molecule has 0 aliphatic carbocycles. The third kappa shape index (κ3) is 2.75. The maximum Gasteiger partial charge on any atom is 0.320 e. The fourth-order valence-electron chi connectivity index (χ4n) is 4.08.